The molecule has 5 heterocycles. The van der Waals surface area contributed by atoms with Crippen molar-refractivity contribution in [2.45, 2.75) is 19.1 Å². The van der Waals surface area contributed by atoms with E-state index in [0.717, 1.165) is 6.07 Å². The second-order valence-electron chi connectivity index (χ2n) is 10.1. The fourth-order valence-corrected chi connectivity index (χ4v) is 5.19. The zero-order valence-corrected chi connectivity index (χ0v) is 23.4. The molecule has 1 aliphatic rings. The average molecular weight is 622 g/mol. The van der Waals surface area contributed by atoms with Gasteiger partial charge < -0.3 is 14.6 Å². The maximum atomic E-state index is 14.1. The number of rotatable bonds is 8. The standard InChI is InChI=1S/C27H25ClF5N9O/c1-39-19-11-21(43-22-13-35-42-5-4-34-12-20(22)42)24(28)37-25(19)38-26(39)36-17-3-2-16(18(10-17)27(31,32)33)14-40-6-8-41(9-7-40)15-23(29)30/h2-5,10-13,23H,6-9,14-15H2,1H3,(H,36,37,38). The predicted octanol–water partition coefficient (Wildman–Crippen LogP) is 5.60. The number of hydrogen-bond acceptors (Lipinski definition) is 8. The third-order valence-corrected chi connectivity index (χ3v) is 7.50. The first-order valence-corrected chi connectivity index (χ1v) is 13.6. The molecule has 1 fully saturated rings. The van der Waals surface area contributed by atoms with E-state index in [-0.39, 0.29) is 46.8 Å². The van der Waals surface area contributed by atoms with Crippen LogP contribution in [0.3, 0.4) is 0 Å². The van der Waals surface area contributed by atoms with Gasteiger partial charge in [0.2, 0.25) is 5.95 Å². The zero-order valence-electron chi connectivity index (χ0n) is 22.7. The molecule has 16 heteroatoms. The van der Waals surface area contributed by atoms with Crippen molar-refractivity contribution < 1.29 is 26.7 Å². The van der Waals surface area contributed by atoms with Crippen LogP contribution in [0.2, 0.25) is 5.15 Å². The highest BCUT2D eigenvalue weighted by Gasteiger charge is 2.34. The number of nitrogens with one attached hydrogen (secondary N) is 1. The van der Waals surface area contributed by atoms with Gasteiger partial charge in [-0.3, -0.25) is 14.8 Å². The number of piperazine rings is 1. The highest BCUT2D eigenvalue weighted by Crippen LogP contribution is 2.37. The molecule has 5 aromatic rings. The SMILES string of the molecule is Cn1c(Nc2ccc(CN3CCN(CC(F)F)CC3)c(C(F)(F)F)c2)nc2nc(Cl)c(Oc3cnn4ccncc34)cc21. The van der Waals surface area contributed by atoms with Crippen molar-refractivity contribution in [3.8, 4) is 11.5 Å². The molecule has 0 spiro atoms. The van der Waals surface area contributed by atoms with Crippen molar-refractivity contribution in [3.05, 3.63) is 65.3 Å². The number of alkyl halides is 5. The number of aromatic nitrogens is 6. The molecule has 1 N–H and O–H groups in total. The second-order valence-corrected chi connectivity index (χ2v) is 10.5. The van der Waals surface area contributed by atoms with Gasteiger partial charge in [0.15, 0.2) is 22.3 Å². The number of hydrogen-bond donors (Lipinski definition) is 1. The molecule has 1 saturated heterocycles. The lowest BCUT2D eigenvalue weighted by Crippen LogP contribution is -2.47. The van der Waals surface area contributed by atoms with Crippen molar-refractivity contribution in [2.24, 2.45) is 7.05 Å². The number of fused-ring (bicyclic) bond motifs is 2. The molecule has 0 amide bonds. The number of pyridine rings is 1. The maximum Gasteiger partial charge on any atom is 0.416 e. The maximum absolute atomic E-state index is 14.1. The summed E-state index contributed by atoms with van der Waals surface area (Å²) >= 11 is 6.38. The molecular formula is C27H25ClF5N9O. The molecule has 0 radical (unpaired) electrons. The van der Waals surface area contributed by atoms with Gasteiger partial charge in [0.1, 0.15) is 5.52 Å². The lowest BCUT2D eigenvalue weighted by atomic mass is 10.0. The quantitative estimate of drug-likeness (QED) is 0.177. The minimum Gasteiger partial charge on any atom is -0.450 e. The Morgan fingerprint density at radius 1 is 1.00 bits per heavy atom. The van der Waals surface area contributed by atoms with Crippen molar-refractivity contribution in [2.75, 3.05) is 38.0 Å². The van der Waals surface area contributed by atoms with E-state index < -0.39 is 18.2 Å². The highest BCUT2D eigenvalue weighted by molar-refractivity contribution is 6.31. The van der Waals surface area contributed by atoms with Crippen molar-refractivity contribution >= 4 is 39.9 Å². The predicted molar refractivity (Wildman–Crippen MR) is 149 cm³/mol. The van der Waals surface area contributed by atoms with Crippen LogP contribution in [0.15, 0.2) is 49.1 Å². The summed E-state index contributed by atoms with van der Waals surface area (Å²) in [5.74, 6) is 0.889. The molecular weight excluding hydrogens is 597 g/mol. The summed E-state index contributed by atoms with van der Waals surface area (Å²) in [6.07, 6.45) is -0.687. The average Bonchev–Trinajstić information content (AvgIpc) is 3.50. The Hall–Kier alpha value is -4.08. The van der Waals surface area contributed by atoms with Crippen LogP contribution >= 0.6 is 11.6 Å². The molecule has 6 rings (SSSR count). The molecule has 4 aromatic heterocycles. The van der Waals surface area contributed by atoms with Crippen LogP contribution in [0.5, 0.6) is 11.5 Å². The Kier molecular flexibility index (Phi) is 7.79. The van der Waals surface area contributed by atoms with E-state index in [2.05, 4.69) is 25.4 Å². The van der Waals surface area contributed by atoms with Gasteiger partial charge in [-0.05, 0) is 17.7 Å². The molecule has 10 nitrogen and oxygen atoms in total. The van der Waals surface area contributed by atoms with Crippen LogP contribution in [0, 0.1) is 0 Å². The van der Waals surface area contributed by atoms with Gasteiger partial charge in [-0.1, -0.05) is 17.7 Å². The number of ether oxygens (including phenoxy) is 1. The first-order valence-electron chi connectivity index (χ1n) is 13.2. The van der Waals surface area contributed by atoms with Crippen LogP contribution in [0.4, 0.5) is 33.6 Å². The zero-order chi connectivity index (χ0) is 30.3. The summed E-state index contributed by atoms with van der Waals surface area (Å²) in [5.41, 5.74) is 0.897. The van der Waals surface area contributed by atoms with E-state index in [0.29, 0.717) is 43.0 Å². The number of halogens is 6. The van der Waals surface area contributed by atoms with E-state index >= 15 is 0 Å². The summed E-state index contributed by atoms with van der Waals surface area (Å²) < 4.78 is 76.8. The minimum atomic E-state index is -4.61. The molecule has 0 atom stereocenters. The number of imidazole rings is 1. The van der Waals surface area contributed by atoms with E-state index in [9.17, 15) is 22.0 Å². The van der Waals surface area contributed by atoms with E-state index in [4.69, 9.17) is 16.3 Å². The van der Waals surface area contributed by atoms with Crippen LogP contribution < -0.4 is 10.1 Å². The van der Waals surface area contributed by atoms with Gasteiger partial charge in [-0.25, -0.2) is 18.3 Å². The number of benzene rings is 1. The van der Waals surface area contributed by atoms with Gasteiger partial charge in [-0.15, -0.1) is 0 Å². The molecule has 0 saturated carbocycles. The van der Waals surface area contributed by atoms with Crippen LogP contribution in [-0.2, 0) is 19.8 Å². The molecule has 0 bridgehead atoms. The van der Waals surface area contributed by atoms with Crippen LogP contribution in [0.1, 0.15) is 11.1 Å². The van der Waals surface area contributed by atoms with E-state index in [1.54, 1.807) is 51.8 Å². The summed E-state index contributed by atoms with van der Waals surface area (Å²) in [5, 5.41) is 7.20. The Balaban J connectivity index is 1.22. The van der Waals surface area contributed by atoms with Gasteiger partial charge in [0.25, 0.3) is 6.43 Å². The molecule has 0 aliphatic carbocycles. The molecule has 43 heavy (non-hydrogen) atoms. The first kappa shape index (κ1) is 29.0. The van der Waals surface area contributed by atoms with Crippen LogP contribution in [0.25, 0.3) is 16.7 Å². The fourth-order valence-electron chi connectivity index (χ4n) is 5.02. The first-order chi connectivity index (χ1) is 20.5. The second kappa shape index (κ2) is 11.5. The van der Waals surface area contributed by atoms with Gasteiger partial charge in [-0.2, -0.15) is 23.3 Å². The van der Waals surface area contributed by atoms with Gasteiger partial charge in [0.05, 0.1) is 30.0 Å². The van der Waals surface area contributed by atoms with Gasteiger partial charge >= 0.3 is 6.18 Å². The number of aryl methyl sites for hydroxylation is 1. The third-order valence-electron chi connectivity index (χ3n) is 7.23. The lowest BCUT2D eigenvalue weighted by Gasteiger charge is -2.34. The summed E-state index contributed by atoms with van der Waals surface area (Å²) in [6.45, 7) is 1.27. The largest absolute Gasteiger partial charge is 0.450 e. The van der Waals surface area contributed by atoms with E-state index in [1.165, 1.54) is 12.3 Å². The lowest BCUT2D eigenvalue weighted by molar-refractivity contribution is -0.138. The topological polar surface area (TPSA) is 88.6 Å². The normalized spacial score (nSPS) is 15.2. The molecule has 1 aromatic carbocycles. The third kappa shape index (κ3) is 6.19. The summed E-state index contributed by atoms with van der Waals surface area (Å²) in [4.78, 5) is 16.3. The van der Waals surface area contributed by atoms with E-state index in [1.807, 2.05) is 4.90 Å². The molecule has 1 aliphatic heterocycles. The molecule has 0 unspecified atom stereocenters. The summed E-state index contributed by atoms with van der Waals surface area (Å²) in [6, 6.07) is 5.64. The molecule has 226 valence electrons. The van der Waals surface area contributed by atoms with Crippen molar-refractivity contribution in [1.29, 1.82) is 0 Å². The Morgan fingerprint density at radius 3 is 2.51 bits per heavy atom. The van der Waals surface area contributed by atoms with Crippen LogP contribution in [-0.4, -0.2) is 78.1 Å². The van der Waals surface area contributed by atoms with Crippen molar-refractivity contribution in [3.63, 3.8) is 0 Å². The monoisotopic (exact) mass is 621 g/mol. The highest BCUT2D eigenvalue weighted by atomic mass is 35.5. The number of anilines is 2. The number of nitrogens with zero attached hydrogens (tertiary/aromatic N) is 8. The van der Waals surface area contributed by atoms with Gasteiger partial charge in [0, 0.05) is 63.9 Å². The minimum absolute atomic E-state index is 0.0409. The Labute approximate surface area is 246 Å². The summed E-state index contributed by atoms with van der Waals surface area (Å²) in [7, 11) is 1.68. The van der Waals surface area contributed by atoms with Crippen molar-refractivity contribution in [1.82, 2.24) is 38.9 Å². The fraction of sp³-hybridized carbons (Fsp3) is 0.333. The smallest absolute Gasteiger partial charge is 0.416 e. The Morgan fingerprint density at radius 2 is 1.77 bits per heavy atom. The Bertz CT molecular complexity index is 1770.